The minimum absolute atomic E-state index is 0.0422. The van der Waals surface area contributed by atoms with Crippen LogP contribution in [-0.2, 0) is 9.59 Å². The number of aliphatic hydroxyl groups is 1. The molecule has 0 radical (unpaired) electrons. The van der Waals surface area contributed by atoms with Gasteiger partial charge in [0, 0.05) is 5.56 Å². The first-order valence-corrected chi connectivity index (χ1v) is 12.7. The Hall–Kier alpha value is -3.97. The topological polar surface area (TPSA) is 79.7 Å². The number of ketones is 1. The highest BCUT2D eigenvalue weighted by Gasteiger charge is 2.48. The molecule has 0 saturated carbocycles. The molecule has 1 amide bonds. The van der Waals surface area contributed by atoms with Gasteiger partial charge in [-0.25, -0.2) is 4.98 Å². The van der Waals surface area contributed by atoms with Crippen molar-refractivity contribution in [2.24, 2.45) is 0 Å². The molecule has 1 aromatic heterocycles. The van der Waals surface area contributed by atoms with Crippen LogP contribution in [0, 0.1) is 13.8 Å². The summed E-state index contributed by atoms with van der Waals surface area (Å²) in [6.07, 6.45) is 0.884. The van der Waals surface area contributed by atoms with Gasteiger partial charge in [0.2, 0.25) is 0 Å². The van der Waals surface area contributed by atoms with Gasteiger partial charge in [-0.1, -0.05) is 66.8 Å². The number of amides is 1. The van der Waals surface area contributed by atoms with Crippen molar-refractivity contribution in [1.29, 1.82) is 0 Å². The van der Waals surface area contributed by atoms with Crippen LogP contribution in [0.5, 0.6) is 5.75 Å². The van der Waals surface area contributed by atoms with Crippen LogP contribution in [0.15, 0.2) is 72.3 Å². The molecule has 1 N–H and O–H groups in total. The number of ether oxygens (including phenoxy) is 1. The highest BCUT2D eigenvalue weighted by Crippen LogP contribution is 2.45. The molecule has 5 rings (SSSR count). The summed E-state index contributed by atoms with van der Waals surface area (Å²) >= 11 is 1.36. The van der Waals surface area contributed by atoms with Gasteiger partial charge >= 0.3 is 5.91 Å². The van der Waals surface area contributed by atoms with E-state index in [-0.39, 0.29) is 11.3 Å². The van der Waals surface area contributed by atoms with E-state index in [1.54, 1.807) is 24.3 Å². The van der Waals surface area contributed by atoms with Gasteiger partial charge < -0.3 is 9.84 Å². The summed E-state index contributed by atoms with van der Waals surface area (Å²) in [5, 5.41) is 11.7. The average Bonchev–Trinajstić information content (AvgIpc) is 3.42. The lowest BCUT2D eigenvalue weighted by Gasteiger charge is -2.23. The van der Waals surface area contributed by atoms with Crippen LogP contribution >= 0.6 is 11.3 Å². The number of thiazole rings is 1. The second-order valence-corrected chi connectivity index (χ2v) is 9.89. The van der Waals surface area contributed by atoms with E-state index in [0.29, 0.717) is 28.6 Å². The standard InChI is InChI=1S/C29H26N2O4S/c1-4-14-35-21-12-10-19(11-13-21)25-23(26(32)20-8-6-5-7-9-20)27(33)28(34)31(25)29-30-24-18(3)15-17(2)16-22(24)36-29/h5-13,15-16,25,32H,4,14H2,1-3H3/t25-/m1/s1. The number of aromatic nitrogens is 1. The summed E-state index contributed by atoms with van der Waals surface area (Å²) in [5.74, 6) is -0.954. The highest BCUT2D eigenvalue weighted by molar-refractivity contribution is 7.22. The Bertz CT molecular complexity index is 1490. The molecule has 1 fully saturated rings. The fourth-order valence-corrected chi connectivity index (χ4v) is 5.69. The fourth-order valence-electron chi connectivity index (χ4n) is 4.52. The number of hydrogen-bond acceptors (Lipinski definition) is 6. The molecule has 0 bridgehead atoms. The van der Waals surface area contributed by atoms with E-state index in [4.69, 9.17) is 9.72 Å². The Morgan fingerprint density at radius 1 is 1.06 bits per heavy atom. The molecule has 36 heavy (non-hydrogen) atoms. The summed E-state index contributed by atoms with van der Waals surface area (Å²) in [4.78, 5) is 33.0. The zero-order chi connectivity index (χ0) is 25.4. The van der Waals surface area contributed by atoms with Gasteiger partial charge in [0.25, 0.3) is 5.78 Å². The van der Waals surface area contributed by atoms with Gasteiger partial charge in [0.1, 0.15) is 11.5 Å². The molecule has 3 aromatic carbocycles. The van der Waals surface area contributed by atoms with E-state index in [1.165, 1.54) is 16.2 Å². The Morgan fingerprint density at radius 3 is 2.47 bits per heavy atom. The molecule has 7 heteroatoms. The van der Waals surface area contributed by atoms with Crippen LogP contribution in [0.1, 0.15) is 41.6 Å². The molecule has 1 saturated heterocycles. The summed E-state index contributed by atoms with van der Waals surface area (Å²) < 4.78 is 6.65. The third-order valence-electron chi connectivity index (χ3n) is 6.18. The zero-order valence-corrected chi connectivity index (χ0v) is 21.1. The Balaban J connectivity index is 1.69. The van der Waals surface area contributed by atoms with Crippen molar-refractivity contribution in [3.63, 3.8) is 0 Å². The Morgan fingerprint density at radius 2 is 1.78 bits per heavy atom. The van der Waals surface area contributed by atoms with Crippen LogP contribution in [0.2, 0.25) is 0 Å². The molecule has 0 unspecified atom stereocenters. The molecular formula is C29H26N2O4S. The number of aliphatic hydroxyl groups excluding tert-OH is 1. The normalized spacial score (nSPS) is 17.2. The van der Waals surface area contributed by atoms with E-state index in [9.17, 15) is 14.7 Å². The number of nitrogens with zero attached hydrogens (tertiary/aromatic N) is 2. The summed E-state index contributed by atoms with van der Waals surface area (Å²) in [6, 6.07) is 19.3. The number of anilines is 1. The van der Waals surface area contributed by atoms with Gasteiger partial charge in [-0.15, -0.1) is 0 Å². The van der Waals surface area contributed by atoms with Crippen LogP contribution in [0.25, 0.3) is 16.0 Å². The number of carbonyl (C=O) groups is 2. The maximum atomic E-state index is 13.4. The molecular weight excluding hydrogens is 472 g/mol. The molecule has 1 atom stereocenters. The largest absolute Gasteiger partial charge is 0.507 e. The van der Waals surface area contributed by atoms with E-state index < -0.39 is 17.7 Å². The molecule has 182 valence electrons. The first-order valence-electron chi connectivity index (χ1n) is 11.9. The Kier molecular flexibility index (Phi) is 6.33. The molecule has 4 aromatic rings. The number of Topliss-reactive ketones (excluding diaryl/α,β-unsaturated/α-hetero) is 1. The third kappa shape index (κ3) is 4.16. The van der Waals surface area contributed by atoms with Crippen molar-refractivity contribution in [3.8, 4) is 5.75 Å². The lowest BCUT2D eigenvalue weighted by atomic mass is 9.95. The third-order valence-corrected chi connectivity index (χ3v) is 7.19. The number of fused-ring (bicyclic) bond motifs is 1. The molecule has 6 nitrogen and oxygen atoms in total. The maximum absolute atomic E-state index is 13.4. The molecule has 2 heterocycles. The fraction of sp³-hybridized carbons (Fsp3) is 0.207. The second kappa shape index (κ2) is 9.59. The number of carbonyl (C=O) groups excluding carboxylic acids is 2. The molecule has 0 aliphatic carbocycles. The van der Waals surface area contributed by atoms with E-state index in [1.807, 2.05) is 63.2 Å². The van der Waals surface area contributed by atoms with Crippen molar-refractivity contribution in [2.45, 2.75) is 33.2 Å². The highest BCUT2D eigenvalue weighted by atomic mass is 32.1. The van der Waals surface area contributed by atoms with E-state index in [0.717, 1.165) is 27.8 Å². The summed E-state index contributed by atoms with van der Waals surface area (Å²) in [7, 11) is 0. The predicted molar refractivity (Wildman–Crippen MR) is 143 cm³/mol. The van der Waals surface area contributed by atoms with Crippen molar-refractivity contribution in [1.82, 2.24) is 4.98 Å². The predicted octanol–water partition coefficient (Wildman–Crippen LogP) is 6.33. The average molecular weight is 499 g/mol. The number of benzene rings is 3. The summed E-state index contributed by atoms with van der Waals surface area (Å²) in [6.45, 7) is 6.62. The number of aryl methyl sites for hydroxylation is 2. The second-order valence-electron chi connectivity index (χ2n) is 8.88. The minimum atomic E-state index is -0.826. The van der Waals surface area contributed by atoms with E-state index in [2.05, 4.69) is 0 Å². The number of rotatable bonds is 6. The van der Waals surface area contributed by atoms with Gasteiger partial charge in [0.15, 0.2) is 5.13 Å². The van der Waals surface area contributed by atoms with Gasteiger partial charge in [-0.2, -0.15) is 0 Å². The maximum Gasteiger partial charge on any atom is 0.301 e. The van der Waals surface area contributed by atoms with Crippen molar-refractivity contribution >= 4 is 44.1 Å². The minimum Gasteiger partial charge on any atom is -0.507 e. The number of hydrogen-bond donors (Lipinski definition) is 1. The van der Waals surface area contributed by atoms with Crippen molar-refractivity contribution in [3.05, 3.63) is 94.6 Å². The molecule has 0 spiro atoms. The van der Waals surface area contributed by atoms with Crippen LogP contribution < -0.4 is 9.64 Å². The zero-order valence-electron chi connectivity index (χ0n) is 20.3. The quantitative estimate of drug-likeness (QED) is 0.191. The first-order chi connectivity index (χ1) is 17.4. The van der Waals surface area contributed by atoms with E-state index >= 15 is 0 Å². The van der Waals surface area contributed by atoms with Gasteiger partial charge in [-0.3, -0.25) is 14.5 Å². The first kappa shape index (κ1) is 23.8. The lowest BCUT2D eigenvalue weighted by molar-refractivity contribution is -0.132. The van der Waals surface area contributed by atoms with Crippen LogP contribution in [0.4, 0.5) is 5.13 Å². The molecule has 1 aliphatic rings. The van der Waals surface area contributed by atoms with Gasteiger partial charge in [0.05, 0.1) is 28.4 Å². The monoisotopic (exact) mass is 498 g/mol. The lowest BCUT2D eigenvalue weighted by Crippen LogP contribution is -2.29. The smallest absolute Gasteiger partial charge is 0.301 e. The van der Waals surface area contributed by atoms with Crippen LogP contribution in [-0.4, -0.2) is 28.4 Å². The van der Waals surface area contributed by atoms with Crippen molar-refractivity contribution < 1.29 is 19.4 Å². The molecule has 1 aliphatic heterocycles. The Labute approximate surface area is 213 Å². The SMILES string of the molecule is CCCOc1ccc([C@@H]2C(=C(O)c3ccccc3)C(=O)C(=O)N2c2nc3c(C)cc(C)cc3s2)cc1. The van der Waals surface area contributed by atoms with Crippen molar-refractivity contribution in [2.75, 3.05) is 11.5 Å². The van der Waals surface area contributed by atoms with Crippen LogP contribution in [0.3, 0.4) is 0 Å². The summed E-state index contributed by atoms with van der Waals surface area (Å²) in [5.41, 5.74) is 4.10. The van der Waals surface area contributed by atoms with Gasteiger partial charge in [-0.05, 0) is 55.2 Å².